The van der Waals surface area contributed by atoms with Gasteiger partial charge in [-0.1, -0.05) is 72.3 Å². The van der Waals surface area contributed by atoms with Gasteiger partial charge in [0.2, 0.25) is 0 Å². The van der Waals surface area contributed by atoms with Crippen molar-refractivity contribution in [2.75, 3.05) is 17.3 Å². The highest BCUT2D eigenvalue weighted by molar-refractivity contribution is 7.92. The first-order chi connectivity index (χ1) is 18.8. The molecule has 0 bridgehead atoms. The monoisotopic (exact) mass is 560 g/mol. The molecule has 0 aromatic heterocycles. The van der Waals surface area contributed by atoms with E-state index in [1.165, 1.54) is 25.3 Å². The lowest BCUT2D eigenvalue weighted by Gasteiger charge is -2.12. The van der Waals surface area contributed by atoms with E-state index in [4.69, 9.17) is 16.3 Å². The van der Waals surface area contributed by atoms with Crippen molar-refractivity contribution in [1.82, 2.24) is 0 Å². The Labute approximate surface area is 228 Å². The summed E-state index contributed by atoms with van der Waals surface area (Å²) in [5, 5.41) is 20.2. The molecule has 0 spiro atoms. The van der Waals surface area contributed by atoms with Gasteiger partial charge in [0.15, 0.2) is 0 Å². The number of ether oxygens (including phenoxy) is 1. The molecule has 11 heteroatoms. The molecule has 0 saturated carbocycles. The summed E-state index contributed by atoms with van der Waals surface area (Å²) in [7, 11) is -2.74. The molecule has 0 aliphatic heterocycles. The van der Waals surface area contributed by atoms with Crippen LogP contribution in [0.1, 0.15) is 5.56 Å². The zero-order chi connectivity index (χ0) is 27.6. The fraction of sp³-hybridized carbons (Fsp3) is 0.0357. The number of hydrogen-bond donors (Lipinski definition) is 2. The Morgan fingerprint density at radius 3 is 2.08 bits per heavy atom. The number of para-hydroxylation sites is 2. The zero-order valence-electron chi connectivity index (χ0n) is 20.5. The van der Waals surface area contributed by atoms with E-state index < -0.39 is 20.6 Å². The summed E-state index contributed by atoms with van der Waals surface area (Å²) in [6, 6.07) is 25.2. The number of hydrazone groups is 1. The first-order valence-corrected chi connectivity index (χ1v) is 13.5. The van der Waals surface area contributed by atoms with Crippen LogP contribution in [-0.4, -0.2) is 26.7 Å². The van der Waals surface area contributed by atoms with Gasteiger partial charge >= 0.3 is 0 Å². The molecule has 0 unspecified atom stereocenters. The largest absolute Gasteiger partial charge is 0.495 e. The van der Waals surface area contributed by atoms with Crippen LogP contribution in [0.4, 0.5) is 17.1 Å². The van der Waals surface area contributed by atoms with Crippen LogP contribution >= 0.6 is 11.6 Å². The Kier molecular flexibility index (Phi) is 7.05. The van der Waals surface area contributed by atoms with Crippen LogP contribution in [0, 0.1) is 10.1 Å². The van der Waals surface area contributed by atoms with E-state index >= 15 is 0 Å². The molecule has 196 valence electrons. The first kappa shape index (κ1) is 26.0. The minimum absolute atomic E-state index is 0.0232. The molecule has 0 aliphatic carbocycles. The van der Waals surface area contributed by atoms with Crippen molar-refractivity contribution in [2.45, 2.75) is 4.90 Å². The van der Waals surface area contributed by atoms with Crippen LogP contribution in [0.25, 0.3) is 21.5 Å². The third-order valence-corrected chi connectivity index (χ3v) is 7.88. The lowest BCUT2D eigenvalue weighted by Crippen LogP contribution is -2.14. The zero-order valence-corrected chi connectivity index (χ0v) is 22.0. The summed E-state index contributed by atoms with van der Waals surface area (Å²) in [5.41, 5.74) is 3.24. The molecular weight excluding hydrogens is 540 g/mol. The average molecular weight is 561 g/mol. The molecule has 0 aliphatic rings. The Bertz CT molecular complexity index is 1820. The summed E-state index contributed by atoms with van der Waals surface area (Å²) in [4.78, 5) is 10.9. The maximum Gasteiger partial charge on any atom is 0.295 e. The highest BCUT2D eigenvalue weighted by atomic mass is 35.5. The Hall–Kier alpha value is -4.67. The third-order valence-electron chi connectivity index (χ3n) is 6.11. The number of nitrogens with zero attached hydrogens (tertiary/aromatic N) is 2. The quantitative estimate of drug-likeness (QED) is 0.0930. The van der Waals surface area contributed by atoms with Crippen LogP contribution in [0.2, 0.25) is 5.02 Å². The van der Waals surface area contributed by atoms with Crippen molar-refractivity contribution in [3.05, 3.63) is 112 Å². The van der Waals surface area contributed by atoms with Gasteiger partial charge < -0.3 is 4.74 Å². The molecule has 0 amide bonds. The number of fused-ring (bicyclic) bond motifs is 2. The maximum atomic E-state index is 13.0. The molecule has 5 aromatic carbocycles. The van der Waals surface area contributed by atoms with Crippen molar-refractivity contribution in [2.24, 2.45) is 5.10 Å². The Morgan fingerprint density at radius 1 is 0.872 bits per heavy atom. The van der Waals surface area contributed by atoms with Crippen LogP contribution in [0.15, 0.2) is 101 Å². The molecule has 0 saturated heterocycles. The molecule has 0 heterocycles. The van der Waals surface area contributed by atoms with Crippen LogP contribution < -0.4 is 14.9 Å². The number of hydrogen-bond acceptors (Lipinski definition) is 7. The lowest BCUT2D eigenvalue weighted by atomic mass is 9.97. The number of rotatable bonds is 8. The summed E-state index contributed by atoms with van der Waals surface area (Å²) in [5.74, 6) is 0.311. The van der Waals surface area contributed by atoms with Gasteiger partial charge in [-0.05, 0) is 35.0 Å². The Balaban J connectivity index is 1.49. The fourth-order valence-corrected chi connectivity index (χ4v) is 5.69. The van der Waals surface area contributed by atoms with E-state index in [-0.39, 0.29) is 16.3 Å². The molecular formula is C28H21ClN4O5S. The van der Waals surface area contributed by atoms with E-state index in [0.29, 0.717) is 10.8 Å². The summed E-state index contributed by atoms with van der Waals surface area (Å²) >= 11 is 6.66. The standard InChI is InChI=1S/C28H21ClN4O5S/c1-38-27-13-7-6-12-25(27)32-39(36,37)18-14-15-24(26(16-18)33(34)35)31-30-17-23-19-8-2-4-10-21(19)28(29)22-11-5-3-9-20(22)23/h2-17,31-32H,1H3. The summed E-state index contributed by atoms with van der Waals surface area (Å²) in [6.45, 7) is 0. The number of sulfonamides is 1. The topological polar surface area (TPSA) is 123 Å². The van der Waals surface area contributed by atoms with Gasteiger partial charge in [-0.15, -0.1) is 0 Å². The third kappa shape index (κ3) is 5.07. The number of nitro benzene ring substituents is 1. The predicted molar refractivity (Wildman–Crippen MR) is 155 cm³/mol. The first-order valence-electron chi connectivity index (χ1n) is 11.6. The van der Waals surface area contributed by atoms with Crippen molar-refractivity contribution < 1.29 is 18.1 Å². The van der Waals surface area contributed by atoms with E-state index in [0.717, 1.165) is 33.2 Å². The van der Waals surface area contributed by atoms with Crippen LogP contribution in [-0.2, 0) is 10.0 Å². The molecule has 5 aromatic rings. The minimum atomic E-state index is -4.15. The molecule has 0 atom stereocenters. The molecule has 39 heavy (non-hydrogen) atoms. The van der Waals surface area contributed by atoms with Crippen molar-refractivity contribution in [1.29, 1.82) is 0 Å². The summed E-state index contributed by atoms with van der Waals surface area (Å²) < 4.78 is 33.5. The highest BCUT2D eigenvalue weighted by Crippen LogP contribution is 2.35. The van der Waals surface area contributed by atoms with Gasteiger partial charge in [-0.3, -0.25) is 20.3 Å². The van der Waals surface area contributed by atoms with Crippen molar-refractivity contribution >= 4 is 66.4 Å². The predicted octanol–water partition coefficient (Wildman–Crippen LogP) is 6.81. The minimum Gasteiger partial charge on any atom is -0.495 e. The van der Waals surface area contributed by atoms with Crippen LogP contribution in [0.5, 0.6) is 5.75 Å². The van der Waals surface area contributed by atoms with E-state index in [2.05, 4.69) is 15.2 Å². The molecule has 9 nitrogen and oxygen atoms in total. The molecule has 2 N–H and O–H groups in total. The summed E-state index contributed by atoms with van der Waals surface area (Å²) in [6.07, 6.45) is 1.57. The SMILES string of the molecule is COc1ccccc1NS(=O)(=O)c1ccc(NN=Cc2c3ccccc3c(Cl)c3ccccc23)c([N+](=O)[O-])c1. The number of methoxy groups -OCH3 is 1. The average Bonchev–Trinajstić information content (AvgIpc) is 2.95. The van der Waals surface area contributed by atoms with Gasteiger partial charge in [-0.25, -0.2) is 8.42 Å². The molecule has 5 rings (SSSR count). The van der Waals surface area contributed by atoms with E-state index in [9.17, 15) is 18.5 Å². The van der Waals surface area contributed by atoms with Gasteiger partial charge in [-0.2, -0.15) is 5.10 Å². The normalized spacial score (nSPS) is 11.6. The number of anilines is 2. The number of nitro groups is 1. The highest BCUT2D eigenvalue weighted by Gasteiger charge is 2.22. The number of halogens is 1. The lowest BCUT2D eigenvalue weighted by molar-refractivity contribution is -0.384. The van der Waals surface area contributed by atoms with Crippen LogP contribution in [0.3, 0.4) is 0 Å². The second-order valence-electron chi connectivity index (χ2n) is 8.43. The molecule has 0 fully saturated rings. The van der Waals surface area contributed by atoms with Crippen molar-refractivity contribution in [3.8, 4) is 5.75 Å². The molecule has 0 radical (unpaired) electrons. The maximum absolute atomic E-state index is 13.0. The van der Waals surface area contributed by atoms with Gasteiger partial charge in [0.1, 0.15) is 11.4 Å². The smallest absolute Gasteiger partial charge is 0.295 e. The fourth-order valence-electron chi connectivity index (χ4n) is 4.27. The van der Waals surface area contributed by atoms with Gasteiger partial charge in [0, 0.05) is 22.4 Å². The number of benzene rings is 5. The second kappa shape index (κ2) is 10.6. The Morgan fingerprint density at radius 2 is 1.46 bits per heavy atom. The van der Waals surface area contributed by atoms with Crippen molar-refractivity contribution in [3.63, 3.8) is 0 Å². The number of nitrogens with one attached hydrogen (secondary N) is 2. The van der Waals surface area contributed by atoms with Gasteiger partial charge in [0.25, 0.3) is 15.7 Å². The van der Waals surface area contributed by atoms with E-state index in [1.807, 2.05) is 48.5 Å². The second-order valence-corrected chi connectivity index (χ2v) is 10.5. The van der Waals surface area contributed by atoms with Gasteiger partial charge in [0.05, 0.1) is 33.9 Å². The van der Waals surface area contributed by atoms with E-state index in [1.54, 1.807) is 24.4 Å².